The van der Waals surface area contributed by atoms with Gasteiger partial charge in [0.25, 0.3) is 6.54 Å². The van der Waals surface area contributed by atoms with E-state index in [0.29, 0.717) is 16.5 Å². The lowest BCUT2D eigenvalue weighted by Crippen LogP contribution is -2.14. The van der Waals surface area contributed by atoms with Crippen molar-refractivity contribution in [1.29, 1.82) is 0 Å². The number of nitrogens with zero attached hydrogens (tertiary/aromatic N) is 1. The quantitative estimate of drug-likeness (QED) is 0.800. The Hall–Kier alpha value is -1.73. The molecule has 0 heterocycles. The van der Waals surface area contributed by atoms with Crippen molar-refractivity contribution in [2.75, 3.05) is 19.0 Å². The molecule has 0 saturated heterocycles. The lowest BCUT2D eigenvalue weighted by Gasteiger charge is -2.08. The summed E-state index contributed by atoms with van der Waals surface area (Å²) < 4.78 is 5.03. The second kappa shape index (κ2) is 5.23. The molecule has 0 aliphatic heterocycles. The average molecular weight is 225 g/mol. The van der Waals surface area contributed by atoms with E-state index in [0.717, 1.165) is 0 Å². The number of rotatable bonds is 3. The highest BCUT2D eigenvalue weighted by atomic mass is 35.5. The molecular weight excluding hydrogens is 216 g/mol. The van der Waals surface area contributed by atoms with E-state index in [2.05, 4.69) is 10.2 Å². The van der Waals surface area contributed by atoms with Gasteiger partial charge in [-0.15, -0.1) is 0 Å². The molecule has 78 valence electrons. The van der Waals surface area contributed by atoms with Gasteiger partial charge in [-0.05, 0) is 18.2 Å². The molecule has 1 rings (SSSR count). The Kier molecular flexibility index (Phi) is 3.95. The number of anilines is 1. The fourth-order valence-corrected chi connectivity index (χ4v) is 1.21. The molecule has 0 fully saturated rings. The van der Waals surface area contributed by atoms with E-state index >= 15 is 0 Å². The Labute approximate surface area is 92.6 Å². The third-order valence-corrected chi connectivity index (χ3v) is 1.89. The van der Waals surface area contributed by atoms with Crippen LogP contribution in [0.1, 0.15) is 0 Å². The third kappa shape index (κ3) is 3.15. The number of amides is 1. The zero-order valence-electron chi connectivity index (χ0n) is 8.08. The van der Waals surface area contributed by atoms with Gasteiger partial charge in [0.1, 0.15) is 5.75 Å². The van der Waals surface area contributed by atoms with Crippen molar-refractivity contribution in [2.45, 2.75) is 0 Å². The largest absolute Gasteiger partial charge is 0.495 e. The molecular formula is C10H9ClN2O2. The highest BCUT2D eigenvalue weighted by molar-refractivity contribution is 6.31. The molecule has 0 aliphatic rings. The monoisotopic (exact) mass is 224 g/mol. The fourth-order valence-electron chi connectivity index (χ4n) is 1.04. The molecule has 0 aliphatic carbocycles. The van der Waals surface area contributed by atoms with Gasteiger partial charge in [0.05, 0.1) is 12.8 Å². The van der Waals surface area contributed by atoms with Crippen molar-refractivity contribution >= 4 is 23.2 Å². The van der Waals surface area contributed by atoms with E-state index in [1.165, 1.54) is 7.11 Å². The van der Waals surface area contributed by atoms with E-state index in [9.17, 15) is 4.79 Å². The van der Waals surface area contributed by atoms with Crippen LogP contribution < -0.4 is 10.1 Å². The van der Waals surface area contributed by atoms with Gasteiger partial charge < -0.3 is 14.9 Å². The zero-order valence-corrected chi connectivity index (χ0v) is 8.84. The lowest BCUT2D eigenvalue weighted by atomic mass is 10.3. The van der Waals surface area contributed by atoms with Crippen LogP contribution in [0.25, 0.3) is 4.85 Å². The van der Waals surface area contributed by atoms with Gasteiger partial charge in [0.15, 0.2) is 0 Å². The Bertz CT molecular complexity index is 412. The van der Waals surface area contributed by atoms with Crippen molar-refractivity contribution in [1.82, 2.24) is 0 Å². The van der Waals surface area contributed by atoms with Crippen LogP contribution in [0.2, 0.25) is 5.02 Å². The Morgan fingerprint density at radius 3 is 3.00 bits per heavy atom. The summed E-state index contributed by atoms with van der Waals surface area (Å²) in [6, 6.07) is 4.88. The summed E-state index contributed by atoms with van der Waals surface area (Å²) >= 11 is 5.77. The predicted molar refractivity (Wildman–Crippen MR) is 58.1 cm³/mol. The maximum absolute atomic E-state index is 11.2. The molecule has 1 N–H and O–H groups in total. The highest BCUT2D eigenvalue weighted by Crippen LogP contribution is 2.27. The molecule has 15 heavy (non-hydrogen) atoms. The molecule has 1 aromatic carbocycles. The van der Waals surface area contributed by atoms with Crippen LogP contribution in [0.4, 0.5) is 5.69 Å². The van der Waals surface area contributed by atoms with Gasteiger partial charge in [0, 0.05) is 5.02 Å². The molecule has 5 heteroatoms. The van der Waals surface area contributed by atoms with Gasteiger partial charge >= 0.3 is 5.91 Å². The number of methoxy groups -OCH3 is 1. The Morgan fingerprint density at radius 2 is 2.40 bits per heavy atom. The summed E-state index contributed by atoms with van der Waals surface area (Å²) in [5.74, 6) is 0.128. The van der Waals surface area contributed by atoms with E-state index in [-0.39, 0.29) is 12.5 Å². The second-order valence-electron chi connectivity index (χ2n) is 2.71. The molecule has 1 aromatic rings. The van der Waals surface area contributed by atoms with Crippen LogP contribution in [-0.4, -0.2) is 19.6 Å². The van der Waals surface area contributed by atoms with Gasteiger partial charge in [-0.25, -0.2) is 6.57 Å². The predicted octanol–water partition coefficient (Wildman–Crippen LogP) is 2.21. The van der Waals surface area contributed by atoms with E-state index in [1.54, 1.807) is 18.2 Å². The first kappa shape index (κ1) is 11.3. The molecule has 0 bridgehead atoms. The van der Waals surface area contributed by atoms with Crippen LogP contribution in [0.5, 0.6) is 5.75 Å². The minimum Gasteiger partial charge on any atom is -0.495 e. The molecule has 0 spiro atoms. The first-order valence-electron chi connectivity index (χ1n) is 4.14. The van der Waals surface area contributed by atoms with Gasteiger partial charge in [-0.3, -0.25) is 4.79 Å². The number of carbonyl (C=O) groups excluding carboxylic acids is 1. The topological polar surface area (TPSA) is 42.7 Å². The van der Waals surface area contributed by atoms with Crippen LogP contribution in [0, 0.1) is 6.57 Å². The van der Waals surface area contributed by atoms with Crippen molar-refractivity contribution in [3.05, 3.63) is 34.6 Å². The van der Waals surface area contributed by atoms with Crippen molar-refractivity contribution in [3.8, 4) is 5.75 Å². The molecule has 0 saturated carbocycles. The number of benzene rings is 1. The molecule has 0 unspecified atom stereocenters. The number of ether oxygens (including phenoxy) is 1. The first-order valence-corrected chi connectivity index (χ1v) is 4.51. The summed E-state index contributed by atoms with van der Waals surface area (Å²) in [6.07, 6.45) is 0. The van der Waals surface area contributed by atoms with Crippen LogP contribution in [0.3, 0.4) is 0 Å². The fraction of sp³-hybridized carbons (Fsp3) is 0.200. The molecule has 4 nitrogen and oxygen atoms in total. The van der Waals surface area contributed by atoms with Crippen LogP contribution >= 0.6 is 11.6 Å². The average Bonchev–Trinajstić information content (AvgIpc) is 2.18. The van der Waals surface area contributed by atoms with Crippen molar-refractivity contribution in [2.24, 2.45) is 0 Å². The smallest absolute Gasteiger partial charge is 0.304 e. The summed E-state index contributed by atoms with van der Waals surface area (Å²) in [5.41, 5.74) is 0.471. The number of hydrogen-bond acceptors (Lipinski definition) is 2. The summed E-state index contributed by atoms with van der Waals surface area (Å²) in [7, 11) is 1.49. The summed E-state index contributed by atoms with van der Waals surface area (Å²) in [5, 5.41) is 3.04. The van der Waals surface area contributed by atoms with Crippen LogP contribution in [0.15, 0.2) is 18.2 Å². The second-order valence-corrected chi connectivity index (χ2v) is 3.15. The summed E-state index contributed by atoms with van der Waals surface area (Å²) in [4.78, 5) is 14.1. The third-order valence-electron chi connectivity index (χ3n) is 1.66. The minimum absolute atomic E-state index is 0.213. The van der Waals surface area contributed by atoms with Crippen molar-refractivity contribution in [3.63, 3.8) is 0 Å². The van der Waals surface area contributed by atoms with E-state index in [1.807, 2.05) is 0 Å². The normalized spacial score (nSPS) is 9.13. The maximum Gasteiger partial charge on any atom is 0.304 e. The minimum atomic E-state index is -0.384. The first-order chi connectivity index (χ1) is 7.17. The Morgan fingerprint density at radius 1 is 1.67 bits per heavy atom. The number of hydrogen-bond donors (Lipinski definition) is 1. The van der Waals surface area contributed by atoms with Gasteiger partial charge in [0.2, 0.25) is 0 Å². The number of nitrogens with one attached hydrogen (secondary N) is 1. The summed E-state index contributed by atoms with van der Waals surface area (Å²) in [6.45, 7) is 6.33. The van der Waals surface area contributed by atoms with E-state index in [4.69, 9.17) is 22.9 Å². The highest BCUT2D eigenvalue weighted by Gasteiger charge is 2.09. The van der Waals surface area contributed by atoms with Crippen molar-refractivity contribution < 1.29 is 9.53 Å². The Balaban J connectivity index is 2.88. The molecule has 0 radical (unpaired) electrons. The molecule has 1 amide bonds. The number of carbonyl (C=O) groups is 1. The molecule has 0 aromatic heterocycles. The maximum atomic E-state index is 11.2. The van der Waals surface area contributed by atoms with Gasteiger partial charge in [-0.1, -0.05) is 11.6 Å². The van der Waals surface area contributed by atoms with E-state index < -0.39 is 0 Å². The van der Waals surface area contributed by atoms with Crippen LogP contribution in [-0.2, 0) is 4.79 Å². The van der Waals surface area contributed by atoms with Gasteiger partial charge in [-0.2, -0.15) is 0 Å². The lowest BCUT2D eigenvalue weighted by molar-refractivity contribution is -0.114. The zero-order chi connectivity index (χ0) is 11.3. The SMILES string of the molecule is [C-]#[N+]CC(=O)Nc1cc(Cl)ccc1OC. The molecule has 0 atom stereocenters. The standard InChI is InChI=1S/C10H9ClN2O2/c1-12-6-10(14)13-8-5-7(11)3-4-9(8)15-2/h3-5H,6H2,2H3,(H,13,14). The number of halogens is 1.